The van der Waals surface area contributed by atoms with Crippen molar-refractivity contribution in [3.63, 3.8) is 0 Å². The van der Waals surface area contributed by atoms with E-state index < -0.39 is 10.8 Å². The molecule has 0 saturated heterocycles. The number of amides is 1. The van der Waals surface area contributed by atoms with Gasteiger partial charge in [0.05, 0.1) is 22.6 Å². The fourth-order valence-electron chi connectivity index (χ4n) is 2.88. The summed E-state index contributed by atoms with van der Waals surface area (Å²) >= 11 is 5.68. The van der Waals surface area contributed by atoms with E-state index in [1.807, 2.05) is 48.5 Å². The number of benzene rings is 2. The highest BCUT2D eigenvalue weighted by Gasteiger charge is 2.27. The number of nitrogens with one attached hydrogen (secondary N) is 1. The molecule has 0 bridgehead atoms. The third kappa shape index (κ3) is 3.48. The minimum atomic E-state index is -1.11. The number of alkyl halides is 1. The molecule has 120 valence electrons. The molecule has 2 unspecified atom stereocenters. The van der Waals surface area contributed by atoms with Crippen LogP contribution in [0.1, 0.15) is 35.6 Å². The van der Waals surface area contributed by atoms with Gasteiger partial charge in [-0.05, 0) is 29.2 Å². The molecule has 0 spiro atoms. The predicted molar refractivity (Wildman–Crippen MR) is 92.9 cm³/mol. The number of hydrogen-bond donors (Lipinski definition) is 1. The first-order valence-corrected chi connectivity index (χ1v) is 9.46. The Morgan fingerprint density at radius 3 is 2.61 bits per heavy atom. The summed E-state index contributed by atoms with van der Waals surface area (Å²) in [6, 6.07) is 15.2. The summed E-state index contributed by atoms with van der Waals surface area (Å²) in [4.78, 5) is 13.0. The fourth-order valence-corrected chi connectivity index (χ4v) is 4.39. The first-order chi connectivity index (χ1) is 11.2. The summed E-state index contributed by atoms with van der Waals surface area (Å²) in [5, 5.41) is 3.09. The molecule has 2 aromatic rings. The van der Waals surface area contributed by atoms with Crippen molar-refractivity contribution >= 4 is 28.3 Å². The molecule has 5 heteroatoms. The molecule has 2 atom stereocenters. The van der Waals surface area contributed by atoms with Crippen LogP contribution < -0.4 is 5.32 Å². The Morgan fingerprint density at radius 2 is 1.83 bits per heavy atom. The lowest BCUT2D eigenvalue weighted by Gasteiger charge is -2.21. The minimum absolute atomic E-state index is 0.0343. The molecule has 1 N–H and O–H groups in total. The van der Waals surface area contributed by atoms with E-state index in [0.717, 1.165) is 21.6 Å². The van der Waals surface area contributed by atoms with Crippen LogP contribution in [0, 0.1) is 0 Å². The Hall–Kier alpha value is -1.65. The smallest absolute Gasteiger partial charge is 0.220 e. The molecule has 0 radical (unpaired) electrons. The lowest BCUT2D eigenvalue weighted by Crippen LogP contribution is -2.29. The van der Waals surface area contributed by atoms with E-state index in [-0.39, 0.29) is 11.9 Å². The second kappa shape index (κ2) is 7.28. The molecule has 3 rings (SSSR count). The van der Waals surface area contributed by atoms with Crippen molar-refractivity contribution in [3.05, 3.63) is 65.2 Å². The fraction of sp³-hybridized carbons (Fsp3) is 0.278. The zero-order chi connectivity index (χ0) is 16.2. The monoisotopic (exact) mass is 347 g/mol. The van der Waals surface area contributed by atoms with Crippen molar-refractivity contribution in [2.45, 2.75) is 29.5 Å². The largest absolute Gasteiger partial charge is 0.345 e. The predicted octanol–water partition coefficient (Wildman–Crippen LogP) is 3.53. The van der Waals surface area contributed by atoms with Crippen molar-refractivity contribution in [1.82, 2.24) is 5.32 Å². The number of rotatable bonds is 4. The van der Waals surface area contributed by atoms with Gasteiger partial charge in [-0.15, -0.1) is 11.6 Å². The standard InChI is InChI=1S/C18H18ClNO2S/c19-11-5-10-17(21)20-18-14-7-2-1-6-13(14)12-23(22)16-9-4-3-8-15(16)18/h1-4,6-9,18H,5,10-12H2,(H,20,21). The third-order valence-corrected chi connectivity index (χ3v) is 5.67. The van der Waals surface area contributed by atoms with Crippen molar-refractivity contribution in [1.29, 1.82) is 0 Å². The lowest BCUT2D eigenvalue weighted by atomic mass is 9.95. The second-order valence-electron chi connectivity index (χ2n) is 5.52. The number of hydrogen-bond acceptors (Lipinski definition) is 2. The first-order valence-electron chi connectivity index (χ1n) is 7.61. The van der Waals surface area contributed by atoms with E-state index in [4.69, 9.17) is 11.6 Å². The molecule has 3 nitrogen and oxygen atoms in total. The van der Waals surface area contributed by atoms with Crippen LogP contribution in [-0.4, -0.2) is 16.0 Å². The zero-order valence-electron chi connectivity index (χ0n) is 12.6. The van der Waals surface area contributed by atoms with E-state index in [2.05, 4.69) is 5.32 Å². The van der Waals surface area contributed by atoms with Gasteiger partial charge in [-0.25, -0.2) is 0 Å². The summed E-state index contributed by atoms with van der Waals surface area (Å²) in [7, 11) is -1.11. The third-order valence-electron chi connectivity index (χ3n) is 3.97. The summed E-state index contributed by atoms with van der Waals surface area (Å²) < 4.78 is 12.7. The van der Waals surface area contributed by atoms with Crippen molar-refractivity contribution in [2.75, 3.05) is 5.88 Å². The van der Waals surface area contributed by atoms with Gasteiger partial charge >= 0.3 is 0 Å². The molecule has 0 aliphatic carbocycles. The Balaban J connectivity index is 2.04. The van der Waals surface area contributed by atoms with Crippen molar-refractivity contribution in [3.8, 4) is 0 Å². The van der Waals surface area contributed by atoms with Crippen LogP contribution in [0.3, 0.4) is 0 Å². The summed E-state index contributed by atoms with van der Waals surface area (Å²) in [5.41, 5.74) is 2.95. The molecule has 1 aliphatic rings. The van der Waals surface area contributed by atoms with Gasteiger partial charge in [0.1, 0.15) is 0 Å². The van der Waals surface area contributed by atoms with E-state index in [1.54, 1.807) is 0 Å². The van der Waals surface area contributed by atoms with Gasteiger partial charge in [0.15, 0.2) is 0 Å². The average molecular weight is 348 g/mol. The summed E-state index contributed by atoms with van der Waals surface area (Å²) in [5.74, 6) is 0.907. The Morgan fingerprint density at radius 1 is 1.13 bits per heavy atom. The van der Waals surface area contributed by atoms with Crippen LogP contribution in [0.4, 0.5) is 0 Å². The van der Waals surface area contributed by atoms with Crippen LogP contribution in [-0.2, 0) is 21.3 Å². The van der Waals surface area contributed by atoms with Crippen LogP contribution in [0.25, 0.3) is 0 Å². The molecule has 0 aromatic heterocycles. The number of carbonyl (C=O) groups is 1. The van der Waals surface area contributed by atoms with Gasteiger partial charge in [-0.2, -0.15) is 0 Å². The van der Waals surface area contributed by atoms with Crippen LogP contribution in [0.15, 0.2) is 53.4 Å². The quantitative estimate of drug-likeness (QED) is 0.860. The Kier molecular flexibility index (Phi) is 5.13. The summed E-state index contributed by atoms with van der Waals surface area (Å²) in [6.45, 7) is 0. The molecule has 0 fully saturated rings. The molecular weight excluding hydrogens is 330 g/mol. The zero-order valence-corrected chi connectivity index (χ0v) is 14.2. The first kappa shape index (κ1) is 16.2. The summed E-state index contributed by atoms with van der Waals surface area (Å²) in [6.07, 6.45) is 1.04. The van der Waals surface area contributed by atoms with Gasteiger partial charge in [0.2, 0.25) is 5.91 Å². The molecule has 23 heavy (non-hydrogen) atoms. The lowest BCUT2D eigenvalue weighted by molar-refractivity contribution is -0.121. The Labute approximate surface area is 143 Å². The average Bonchev–Trinajstić information content (AvgIpc) is 2.69. The Bertz CT molecular complexity index is 747. The maximum absolute atomic E-state index is 12.7. The van der Waals surface area contributed by atoms with Crippen molar-refractivity contribution in [2.24, 2.45) is 0 Å². The maximum Gasteiger partial charge on any atom is 0.220 e. The topological polar surface area (TPSA) is 46.2 Å². The van der Waals surface area contributed by atoms with E-state index in [0.29, 0.717) is 24.5 Å². The van der Waals surface area contributed by atoms with E-state index in [1.165, 1.54) is 0 Å². The molecule has 2 aromatic carbocycles. The molecule has 1 amide bonds. The van der Waals surface area contributed by atoms with Crippen LogP contribution >= 0.6 is 11.6 Å². The molecular formula is C18H18ClNO2S. The van der Waals surface area contributed by atoms with Gasteiger partial charge in [-0.1, -0.05) is 42.5 Å². The SMILES string of the molecule is O=C(CCCCl)NC1c2ccccc2CS(=O)c2ccccc21. The number of fused-ring (bicyclic) bond motifs is 2. The highest BCUT2D eigenvalue weighted by Crippen LogP contribution is 2.34. The molecule has 1 aliphatic heterocycles. The normalized spacial score (nSPS) is 19.3. The van der Waals surface area contributed by atoms with Gasteiger partial charge in [0.25, 0.3) is 0 Å². The van der Waals surface area contributed by atoms with Gasteiger partial charge < -0.3 is 5.32 Å². The maximum atomic E-state index is 12.7. The van der Waals surface area contributed by atoms with Gasteiger partial charge in [-0.3, -0.25) is 9.00 Å². The van der Waals surface area contributed by atoms with Crippen LogP contribution in [0.5, 0.6) is 0 Å². The van der Waals surface area contributed by atoms with E-state index in [9.17, 15) is 9.00 Å². The molecule has 1 heterocycles. The van der Waals surface area contributed by atoms with E-state index >= 15 is 0 Å². The highest BCUT2D eigenvalue weighted by atomic mass is 35.5. The second-order valence-corrected chi connectivity index (χ2v) is 7.32. The highest BCUT2D eigenvalue weighted by molar-refractivity contribution is 7.84. The van der Waals surface area contributed by atoms with Crippen molar-refractivity contribution < 1.29 is 9.00 Å². The van der Waals surface area contributed by atoms with Gasteiger partial charge in [0, 0.05) is 17.2 Å². The number of halogens is 1. The van der Waals surface area contributed by atoms with Crippen LogP contribution in [0.2, 0.25) is 0 Å². The minimum Gasteiger partial charge on any atom is -0.345 e. The number of carbonyl (C=O) groups excluding carboxylic acids is 1. The molecule has 0 saturated carbocycles.